The van der Waals surface area contributed by atoms with Crippen molar-refractivity contribution in [1.29, 1.82) is 0 Å². The van der Waals surface area contributed by atoms with Crippen LogP contribution in [-0.4, -0.2) is 0 Å². The average molecular weight is 875 g/mol. The fourth-order valence-electron chi connectivity index (χ4n) is 10.7. The van der Waals surface area contributed by atoms with Gasteiger partial charge in [0.25, 0.3) is 0 Å². The molecule has 0 bridgehead atoms. The molecule has 5 heteroatoms. The summed E-state index contributed by atoms with van der Waals surface area (Å²) in [6, 6.07) is 76.0. The van der Waals surface area contributed by atoms with Crippen LogP contribution in [0.1, 0.15) is 49.9 Å². The van der Waals surface area contributed by atoms with Gasteiger partial charge in [-0.2, -0.15) is 0 Å². The summed E-state index contributed by atoms with van der Waals surface area (Å²) in [5, 5.41) is 2.65. The van der Waals surface area contributed by atoms with Crippen molar-refractivity contribution in [2.75, 3.05) is 9.80 Å². The lowest BCUT2D eigenvalue weighted by molar-refractivity contribution is 0.591. The zero-order valence-corrected chi connectivity index (χ0v) is 38.6. The van der Waals surface area contributed by atoms with E-state index in [1.807, 2.05) is 30.3 Å². The number of hydrogen-bond acceptors (Lipinski definition) is 4. The molecule has 0 N–H and O–H groups in total. The molecule has 9 aromatic carbocycles. The minimum atomic E-state index is -3.20. The van der Waals surface area contributed by atoms with Crippen LogP contribution < -0.4 is 25.7 Å². The molecule has 0 fully saturated rings. The van der Waals surface area contributed by atoms with Crippen LogP contribution in [0.5, 0.6) is 0 Å². The monoisotopic (exact) mass is 874 g/mol. The van der Waals surface area contributed by atoms with E-state index in [9.17, 15) is 0 Å². The predicted molar refractivity (Wildman–Crippen MR) is 274 cm³/mol. The van der Waals surface area contributed by atoms with E-state index < -0.39 is 7.14 Å². The minimum absolute atomic E-state index is 0.112. The SMILES string of the molecule is CC1(C)c2ccccc2N(c2ccc(-c3ccc4c(c3)Sc3cc(-c5ccc(N6c7ccccc7C(C)(C)c7ccccc76)cc5)ccc3P4(=O)c3ccccc3)cc2)c2ccccc21. The highest BCUT2D eigenvalue weighted by atomic mass is 32.2. The number of nitrogens with zero attached hydrogens (tertiary/aromatic N) is 2. The Morgan fingerprint density at radius 3 is 1.06 bits per heavy atom. The van der Waals surface area contributed by atoms with Crippen LogP contribution in [0.25, 0.3) is 22.3 Å². The summed E-state index contributed by atoms with van der Waals surface area (Å²) in [4.78, 5) is 6.86. The van der Waals surface area contributed by atoms with Crippen LogP contribution in [0.15, 0.2) is 222 Å². The van der Waals surface area contributed by atoms with Gasteiger partial charge in [-0.25, -0.2) is 0 Å². The fourth-order valence-corrected chi connectivity index (χ4v) is 15.5. The Morgan fingerprint density at radius 2 is 0.692 bits per heavy atom. The van der Waals surface area contributed by atoms with Gasteiger partial charge >= 0.3 is 0 Å². The third-order valence-corrected chi connectivity index (χ3v) is 18.7. The minimum Gasteiger partial charge on any atom is -0.310 e. The van der Waals surface area contributed by atoms with Crippen LogP contribution in [0.3, 0.4) is 0 Å². The molecule has 0 aromatic heterocycles. The number of fused-ring (bicyclic) bond motifs is 6. The Morgan fingerprint density at radius 1 is 0.369 bits per heavy atom. The van der Waals surface area contributed by atoms with E-state index in [0.717, 1.165) is 59.3 Å². The maximum Gasteiger partial charge on any atom is 0.173 e. The first kappa shape index (κ1) is 39.7. The predicted octanol–water partition coefficient (Wildman–Crippen LogP) is 15.3. The number of para-hydroxylation sites is 4. The zero-order valence-electron chi connectivity index (χ0n) is 36.9. The molecule has 0 radical (unpaired) electrons. The van der Waals surface area contributed by atoms with Crippen LogP contribution >= 0.6 is 18.9 Å². The summed E-state index contributed by atoms with van der Waals surface area (Å²) < 4.78 is 15.9. The van der Waals surface area contributed by atoms with Gasteiger partial charge in [0, 0.05) is 47.9 Å². The standard InChI is InChI=1S/C60H47N2OPS/c1-59(2)47-18-8-12-22-51(47)61(52-23-13-9-19-48(52)59)44-32-26-40(27-33-44)42-30-36-55-57(38-42)65-58-39-43(31-37-56(58)64(55,63)46-16-6-5-7-17-46)41-28-34-45(35-29-41)62-53-24-14-10-20-49(53)60(3,4)50-21-11-15-25-54(50)62/h5-39H,1-4H3. The van der Waals surface area contributed by atoms with Crippen molar-refractivity contribution in [1.82, 2.24) is 0 Å². The third kappa shape index (κ3) is 6.08. The van der Waals surface area contributed by atoms with Crippen molar-refractivity contribution in [3.63, 3.8) is 0 Å². The van der Waals surface area contributed by atoms with Gasteiger partial charge in [-0.05, 0) is 117 Å². The molecule has 65 heavy (non-hydrogen) atoms. The maximum absolute atomic E-state index is 15.9. The van der Waals surface area contributed by atoms with Gasteiger partial charge in [0.05, 0.1) is 22.7 Å². The van der Waals surface area contributed by atoms with Crippen molar-refractivity contribution in [3.05, 3.63) is 235 Å². The molecular weight excluding hydrogens is 828 g/mol. The Labute approximate surface area is 386 Å². The molecule has 12 rings (SSSR count). The second-order valence-electron chi connectivity index (χ2n) is 18.5. The molecule has 0 unspecified atom stereocenters. The smallest absolute Gasteiger partial charge is 0.173 e. The lowest BCUT2D eigenvalue weighted by Crippen LogP contribution is -2.30. The van der Waals surface area contributed by atoms with Crippen molar-refractivity contribution in [2.45, 2.75) is 48.3 Å². The van der Waals surface area contributed by atoms with Crippen molar-refractivity contribution in [3.8, 4) is 22.3 Å². The van der Waals surface area contributed by atoms with Crippen molar-refractivity contribution >= 4 is 68.9 Å². The zero-order chi connectivity index (χ0) is 44.1. The van der Waals surface area contributed by atoms with Gasteiger partial charge in [-0.1, -0.05) is 179 Å². The molecule has 3 heterocycles. The largest absolute Gasteiger partial charge is 0.310 e. The van der Waals surface area contributed by atoms with Crippen molar-refractivity contribution < 1.29 is 4.57 Å². The molecule has 0 saturated carbocycles. The fraction of sp³-hybridized carbons (Fsp3) is 0.100. The molecule has 0 spiro atoms. The quantitative estimate of drug-likeness (QED) is 0.161. The molecule has 0 amide bonds. The van der Waals surface area contributed by atoms with Gasteiger partial charge in [0.2, 0.25) is 0 Å². The molecule has 3 aliphatic heterocycles. The number of anilines is 6. The highest BCUT2D eigenvalue weighted by molar-refractivity contribution is 8.02. The number of rotatable bonds is 5. The Bertz CT molecular complexity index is 3090. The summed E-state index contributed by atoms with van der Waals surface area (Å²) in [6.45, 7) is 9.28. The average Bonchev–Trinajstić information content (AvgIpc) is 3.35. The molecular formula is C60H47N2OPS. The van der Waals surface area contributed by atoms with E-state index in [2.05, 4.69) is 219 Å². The van der Waals surface area contributed by atoms with E-state index in [4.69, 9.17) is 0 Å². The lowest BCUT2D eigenvalue weighted by atomic mass is 9.73. The molecule has 3 aliphatic rings. The molecule has 0 atom stereocenters. The molecule has 0 aliphatic carbocycles. The second kappa shape index (κ2) is 14.9. The number of hydrogen-bond donors (Lipinski definition) is 0. The highest BCUT2D eigenvalue weighted by Crippen LogP contribution is 2.55. The number of benzene rings is 9. The van der Waals surface area contributed by atoms with E-state index in [-0.39, 0.29) is 10.8 Å². The van der Waals surface area contributed by atoms with Gasteiger partial charge in [0.1, 0.15) is 0 Å². The first-order valence-corrected chi connectivity index (χ1v) is 25.0. The van der Waals surface area contributed by atoms with E-state index in [1.165, 1.54) is 45.0 Å². The Hall–Kier alpha value is -6.84. The third-order valence-electron chi connectivity index (χ3n) is 14.1. The van der Waals surface area contributed by atoms with E-state index in [0.29, 0.717) is 0 Å². The maximum atomic E-state index is 15.9. The normalized spacial score (nSPS) is 15.7. The molecule has 3 nitrogen and oxygen atoms in total. The van der Waals surface area contributed by atoms with E-state index >= 15 is 4.57 Å². The van der Waals surface area contributed by atoms with Gasteiger partial charge < -0.3 is 14.4 Å². The summed E-state index contributed by atoms with van der Waals surface area (Å²) >= 11 is 1.73. The van der Waals surface area contributed by atoms with E-state index in [1.54, 1.807) is 11.8 Å². The molecule has 9 aromatic rings. The first-order chi connectivity index (χ1) is 31.6. The van der Waals surface area contributed by atoms with Crippen LogP contribution in [0, 0.1) is 0 Å². The van der Waals surface area contributed by atoms with Gasteiger partial charge in [-0.3, -0.25) is 0 Å². The van der Waals surface area contributed by atoms with Crippen molar-refractivity contribution in [2.24, 2.45) is 0 Å². The Kier molecular flexibility index (Phi) is 9.08. The topological polar surface area (TPSA) is 23.6 Å². The summed E-state index contributed by atoms with van der Waals surface area (Å²) in [5.74, 6) is 0. The Balaban J connectivity index is 0.901. The summed E-state index contributed by atoms with van der Waals surface area (Å²) in [7, 11) is -3.20. The highest BCUT2D eigenvalue weighted by Gasteiger charge is 2.40. The summed E-state index contributed by atoms with van der Waals surface area (Å²) in [6.07, 6.45) is 0. The second-order valence-corrected chi connectivity index (χ2v) is 22.3. The lowest BCUT2D eigenvalue weighted by Gasteiger charge is -2.42. The van der Waals surface area contributed by atoms with Gasteiger partial charge in [-0.15, -0.1) is 0 Å². The molecule has 314 valence electrons. The first-order valence-electron chi connectivity index (χ1n) is 22.4. The van der Waals surface area contributed by atoms with Gasteiger partial charge in [0.15, 0.2) is 7.14 Å². The summed E-state index contributed by atoms with van der Waals surface area (Å²) in [5.41, 5.74) is 16.6. The molecule has 0 saturated heterocycles. The van der Waals surface area contributed by atoms with Crippen LogP contribution in [0.2, 0.25) is 0 Å². The van der Waals surface area contributed by atoms with Crippen LogP contribution in [-0.2, 0) is 15.4 Å². The van der Waals surface area contributed by atoms with Crippen LogP contribution in [0.4, 0.5) is 34.1 Å².